The van der Waals surface area contributed by atoms with Crippen molar-refractivity contribution in [3.8, 4) is 22.3 Å². The van der Waals surface area contributed by atoms with Crippen molar-refractivity contribution < 1.29 is 27.5 Å². The fourth-order valence-corrected chi connectivity index (χ4v) is 10.2. The Bertz CT molecular complexity index is 3790. The summed E-state index contributed by atoms with van der Waals surface area (Å²) >= 11 is 9.34. The van der Waals surface area contributed by atoms with Crippen molar-refractivity contribution in [1.82, 2.24) is 0 Å². The van der Waals surface area contributed by atoms with Crippen LogP contribution in [0.3, 0.4) is 0 Å². The molecule has 0 spiro atoms. The fraction of sp³-hybridized carbons (Fsp3) is 0.0625. The summed E-state index contributed by atoms with van der Waals surface area (Å²) in [7, 11) is -1.38. The Balaban J connectivity index is 0.000000119. The molecule has 0 atom stereocenters. The Morgan fingerprint density at radius 3 is 1.55 bits per heavy atom. The number of nitrogens with two attached hydrogens (primary N) is 2. The number of nitrogen functional groups attached to an aromatic ring is 2. The van der Waals surface area contributed by atoms with E-state index in [0.717, 1.165) is 50.6 Å². The third kappa shape index (κ3) is 11.9. The molecule has 12 aromatic rings. The number of anilines is 4. The number of rotatable bonds is 2. The summed E-state index contributed by atoms with van der Waals surface area (Å²) in [5, 5.41) is 35.9. The molecule has 74 heavy (non-hydrogen) atoms. The SMILES string of the molecule is C1CCOC1.Nc1cccc2cccc(-c3ccc4ccccc4c3)c12.Nc1cccc2cccc(Br)c12.OB(O)c1ccc2ccccc2c1.[Cu][I].c1ccc2c3c(ccc2c1)-c1cccc2cccc(c12)N3. The summed E-state index contributed by atoms with van der Waals surface area (Å²) < 4.78 is 6.00. The van der Waals surface area contributed by atoms with Crippen molar-refractivity contribution in [1.29, 1.82) is 0 Å². The first-order valence-corrected chi connectivity index (χ1v) is 28.2. The van der Waals surface area contributed by atoms with E-state index in [0.29, 0.717) is 5.46 Å². The molecule has 2 aliphatic rings. The Morgan fingerprint density at radius 2 is 0.932 bits per heavy atom. The molecule has 0 saturated carbocycles. The normalized spacial score (nSPS) is 11.8. The molecule has 0 aliphatic carbocycles. The van der Waals surface area contributed by atoms with Crippen molar-refractivity contribution in [2.75, 3.05) is 30.0 Å². The minimum absolute atomic E-state index is 0.527. The zero-order valence-corrected chi connectivity index (χ0v) is 45.0. The van der Waals surface area contributed by atoms with Crippen LogP contribution in [-0.2, 0) is 17.5 Å². The third-order valence-electron chi connectivity index (χ3n) is 13.2. The summed E-state index contributed by atoms with van der Waals surface area (Å²) in [6.07, 6.45) is 2.56. The first-order chi connectivity index (χ1) is 36.3. The zero-order chi connectivity index (χ0) is 51.4. The predicted octanol–water partition coefficient (Wildman–Crippen LogP) is 16.3. The number of ether oxygens (including phenoxy) is 1. The summed E-state index contributed by atoms with van der Waals surface area (Å²) in [5.74, 6) is 0. The van der Waals surface area contributed by atoms with Gasteiger partial charge in [0.25, 0.3) is 0 Å². The Labute approximate surface area is 460 Å². The van der Waals surface area contributed by atoms with Gasteiger partial charge in [-0.2, -0.15) is 0 Å². The molecule has 2 heterocycles. The van der Waals surface area contributed by atoms with Crippen LogP contribution >= 0.6 is 36.3 Å². The van der Waals surface area contributed by atoms with Crippen LogP contribution in [0, 0.1) is 0 Å². The van der Waals surface area contributed by atoms with Crippen molar-refractivity contribution in [2.24, 2.45) is 0 Å². The van der Waals surface area contributed by atoms with Crippen molar-refractivity contribution in [3.63, 3.8) is 0 Å². The third-order valence-corrected chi connectivity index (χ3v) is 13.8. The average molecular weight is 1190 g/mol. The van der Waals surface area contributed by atoms with Crippen LogP contribution in [0.1, 0.15) is 12.8 Å². The summed E-state index contributed by atoms with van der Waals surface area (Å²) in [5.41, 5.74) is 21.6. The second-order valence-corrected chi connectivity index (χ2v) is 18.7. The van der Waals surface area contributed by atoms with E-state index in [2.05, 4.69) is 186 Å². The van der Waals surface area contributed by atoms with Gasteiger partial charge in [-0.15, -0.1) is 0 Å². The minimum atomic E-state index is -1.38. The number of hydrogen-bond donors (Lipinski definition) is 5. The van der Waals surface area contributed by atoms with Gasteiger partial charge in [0.2, 0.25) is 0 Å². The second-order valence-electron chi connectivity index (χ2n) is 17.8. The van der Waals surface area contributed by atoms with E-state index in [9.17, 15) is 0 Å². The molecule has 10 heteroatoms. The van der Waals surface area contributed by atoms with Gasteiger partial charge in [0.1, 0.15) is 0 Å². The Morgan fingerprint density at radius 1 is 0.446 bits per heavy atom. The topological polar surface area (TPSA) is 114 Å². The van der Waals surface area contributed by atoms with E-state index >= 15 is 0 Å². The molecule has 370 valence electrons. The van der Waals surface area contributed by atoms with Crippen molar-refractivity contribution >= 4 is 136 Å². The van der Waals surface area contributed by atoms with Gasteiger partial charge >= 0.3 is 40.2 Å². The second kappa shape index (κ2) is 25.0. The number of hydrogen-bond acceptors (Lipinski definition) is 6. The van der Waals surface area contributed by atoms with Gasteiger partial charge < -0.3 is 31.6 Å². The maximum Gasteiger partial charge on any atom is 0.0543 e. The molecule has 1 saturated heterocycles. The minimum Gasteiger partial charge on any atom is -0.354 e. The Kier molecular flexibility index (Phi) is 17.6. The first-order valence-electron chi connectivity index (χ1n) is 24.3. The number of benzene rings is 12. The van der Waals surface area contributed by atoms with Gasteiger partial charge in [-0.1, -0.05) is 216 Å². The van der Waals surface area contributed by atoms with E-state index in [4.69, 9.17) is 26.3 Å². The van der Waals surface area contributed by atoms with Gasteiger partial charge in [0.15, 0.2) is 0 Å². The van der Waals surface area contributed by atoms with Gasteiger partial charge in [-0.25, -0.2) is 0 Å². The average Bonchev–Trinajstić information content (AvgIpc) is 4.06. The summed E-state index contributed by atoms with van der Waals surface area (Å²) in [6, 6.07) is 78.6. The van der Waals surface area contributed by atoms with Crippen LogP contribution in [0.5, 0.6) is 0 Å². The molecule has 6 nitrogen and oxygen atoms in total. The van der Waals surface area contributed by atoms with Crippen LogP contribution in [-0.4, -0.2) is 30.4 Å². The van der Waals surface area contributed by atoms with Crippen LogP contribution in [0.15, 0.2) is 235 Å². The molecule has 2 aliphatic heterocycles. The molecule has 0 unspecified atom stereocenters. The zero-order valence-electron chi connectivity index (χ0n) is 40.4. The summed E-state index contributed by atoms with van der Waals surface area (Å²) in [6.45, 7) is 2.00. The molecule has 0 bridgehead atoms. The Hall–Kier alpha value is -6.73. The van der Waals surface area contributed by atoms with Crippen molar-refractivity contribution in [2.45, 2.75) is 12.8 Å². The van der Waals surface area contributed by atoms with Crippen LogP contribution in [0.25, 0.3) is 86.9 Å². The molecule has 7 N–H and O–H groups in total. The molecule has 14 rings (SSSR count). The summed E-state index contributed by atoms with van der Waals surface area (Å²) in [4.78, 5) is 0. The number of fused-ring (bicyclic) bond motifs is 8. The first kappa shape index (κ1) is 52.1. The molecule has 12 aromatic carbocycles. The van der Waals surface area contributed by atoms with E-state index in [-0.39, 0.29) is 0 Å². The quantitative estimate of drug-likeness (QED) is 0.0669. The monoisotopic (exact) mass is 1190 g/mol. The van der Waals surface area contributed by atoms with Gasteiger partial charge in [-0.3, -0.25) is 0 Å². The van der Waals surface area contributed by atoms with Gasteiger partial charge in [0.05, 0.1) is 5.69 Å². The van der Waals surface area contributed by atoms with Gasteiger partial charge in [-0.05, 0) is 108 Å². The molecule has 1 fully saturated rings. The molecule has 0 amide bonds. The van der Waals surface area contributed by atoms with Crippen LogP contribution in [0.4, 0.5) is 22.7 Å². The van der Waals surface area contributed by atoms with E-state index in [1.807, 2.05) is 66.7 Å². The van der Waals surface area contributed by atoms with E-state index in [1.165, 1.54) is 89.6 Å². The fourth-order valence-electron chi connectivity index (χ4n) is 9.60. The van der Waals surface area contributed by atoms with Gasteiger partial charge in [0, 0.05) is 61.9 Å². The maximum absolute atomic E-state index is 8.94. The van der Waals surface area contributed by atoms with E-state index < -0.39 is 7.12 Å². The predicted molar refractivity (Wildman–Crippen MR) is 325 cm³/mol. The molecule has 0 aromatic heterocycles. The standard InChI is InChI=1S/C20H13N.C20H15N.C10H9BO2.C10H8BrN.C4H8O.Cu.HI/c1-2-8-15-13(5-1)11-12-17-16-9-3-6-14-7-4-10-18(19(14)16)21-20(15)17;21-19-10-4-8-15-7-3-9-18(20(15)19)17-12-11-14-5-1-2-6-16(14)13-17;12-11(13)10-6-5-8-3-1-2-4-9(8)7-10;11-8-5-1-3-7-4-2-6-9(12)10(7)8;1-2-4-5-3-1;;/h1-12,21H;1-13H,21H2;1-7,12-13H;1-6H,12H2;1-4H2;;1H/q;;;;;+1;/p-1. The van der Waals surface area contributed by atoms with Crippen LogP contribution in [0.2, 0.25) is 0 Å². The van der Waals surface area contributed by atoms with E-state index in [1.54, 1.807) is 32.5 Å². The molecular formula is C64H53BBrCuIN3O3. The largest absolute Gasteiger partial charge is 0.354 e. The number of nitrogens with one attached hydrogen (secondary N) is 1. The maximum atomic E-state index is 8.94. The van der Waals surface area contributed by atoms with Crippen molar-refractivity contribution in [3.05, 3.63) is 235 Å². The number of halogens is 2. The smallest absolute Gasteiger partial charge is 0.0543 e. The van der Waals surface area contributed by atoms with Crippen LogP contribution < -0.4 is 22.2 Å². The molecule has 0 radical (unpaired) electrons. The molecular weight excluding hydrogens is 1140 g/mol.